The lowest BCUT2D eigenvalue weighted by molar-refractivity contribution is -0.121. The predicted octanol–water partition coefficient (Wildman–Crippen LogP) is 4.77. The predicted molar refractivity (Wildman–Crippen MR) is 134 cm³/mol. The van der Waals surface area contributed by atoms with Crippen molar-refractivity contribution in [2.75, 3.05) is 32.6 Å². The number of nitrogens with zero attached hydrogens (tertiary/aromatic N) is 1. The number of nitrogens with one attached hydrogen (secondary N) is 1. The maximum atomic E-state index is 13.1. The lowest BCUT2D eigenvalue weighted by Crippen LogP contribution is -2.41. The van der Waals surface area contributed by atoms with Crippen LogP contribution < -0.4 is 19.5 Å². The Kier molecular flexibility index (Phi) is 7.88. The Hall–Kier alpha value is -4.00. The molecule has 1 heterocycles. The number of amides is 2. The van der Waals surface area contributed by atoms with Gasteiger partial charge in [0.05, 0.1) is 19.9 Å². The Balaban J connectivity index is 1.34. The van der Waals surface area contributed by atoms with Gasteiger partial charge in [-0.15, -0.1) is 0 Å². The van der Waals surface area contributed by atoms with Crippen molar-refractivity contribution >= 4 is 17.5 Å². The van der Waals surface area contributed by atoms with Gasteiger partial charge in [-0.25, -0.2) is 0 Å². The third kappa shape index (κ3) is 5.93. The van der Waals surface area contributed by atoms with E-state index in [-0.39, 0.29) is 17.7 Å². The van der Waals surface area contributed by atoms with Crippen LogP contribution in [0.3, 0.4) is 0 Å². The maximum Gasteiger partial charge on any atom is 0.253 e. The quantitative estimate of drug-likeness (QED) is 0.509. The van der Waals surface area contributed by atoms with Crippen LogP contribution in [0.4, 0.5) is 5.69 Å². The number of carbonyl (C=O) groups excluding carboxylic acids is 2. The fourth-order valence-electron chi connectivity index (χ4n) is 4.17. The molecular formula is C28H30N2O5. The number of rotatable bonds is 8. The molecule has 1 aliphatic heterocycles. The molecule has 1 saturated heterocycles. The van der Waals surface area contributed by atoms with Crippen molar-refractivity contribution in [3.05, 3.63) is 83.9 Å². The normalized spacial score (nSPS) is 13.7. The van der Waals surface area contributed by atoms with Gasteiger partial charge in [0, 0.05) is 24.6 Å². The van der Waals surface area contributed by atoms with Crippen LogP contribution in [0.25, 0.3) is 0 Å². The highest BCUT2D eigenvalue weighted by atomic mass is 16.5. The van der Waals surface area contributed by atoms with Gasteiger partial charge >= 0.3 is 0 Å². The average Bonchev–Trinajstić information content (AvgIpc) is 2.92. The number of piperidine rings is 1. The molecule has 0 atom stereocenters. The Labute approximate surface area is 205 Å². The summed E-state index contributed by atoms with van der Waals surface area (Å²) in [4.78, 5) is 27.7. The summed E-state index contributed by atoms with van der Waals surface area (Å²) in [5.74, 6) is 1.42. The molecule has 0 radical (unpaired) electrons. The first-order chi connectivity index (χ1) is 17.1. The van der Waals surface area contributed by atoms with Crippen molar-refractivity contribution in [3.8, 4) is 17.2 Å². The average molecular weight is 475 g/mol. The van der Waals surface area contributed by atoms with Crippen LogP contribution in [0, 0.1) is 5.92 Å². The summed E-state index contributed by atoms with van der Waals surface area (Å²) < 4.78 is 16.7. The summed E-state index contributed by atoms with van der Waals surface area (Å²) in [7, 11) is 3.14. The van der Waals surface area contributed by atoms with Gasteiger partial charge in [0.25, 0.3) is 5.91 Å². The molecule has 0 spiro atoms. The number of hydrogen-bond donors (Lipinski definition) is 1. The second-order valence-electron chi connectivity index (χ2n) is 8.40. The molecule has 1 fully saturated rings. The zero-order chi connectivity index (χ0) is 24.6. The first-order valence-corrected chi connectivity index (χ1v) is 11.7. The van der Waals surface area contributed by atoms with E-state index in [0.717, 1.165) is 5.56 Å². The van der Waals surface area contributed by atoms with Gasteiger partial charge in [-0.3, -0.25) is 9.59 Å². The van der Waals surface area contributed by atoms with E-state index in [2.05, 4.69) is 5.32 Å². The SMILES string of the molecule is COc1ccccc1NC(=O)C1CCN(C(=O)c2ccc(OCc3ccccc3)c(OC)c2)CC1. The summed E-state index contributed by atoms with van der Waals surface area (Å²) in [6.45, 7) is 1.43. The molecule has 3 aromatic rings. The van der Waals surface area contributed by atoms with Gasteiger partial charge in [-0.2, -0.15) is 0 Å². The molecule has 0 aliphatic carbocycles. The minimum atomic E-state index is -0.160. The van der Waals surface area contributed by atoms with Crippen LogP contribution in [-0.4, -0.2) is 44.0 Å². The second-order valence-corrected chi connectivity index (χ2v) is 8.40. The topological polar surface area (TPSA) is 77.1 Å². The number of carbonyl (C=O) groups is 2. The van der Waals surface area contributed by atoms with Crippen LogP contribution in [-0.2, 0) is 11.4 Å². The smallest absolute Gasteiger partial charge is 0.253 e. The van der Waals surface area contributed by atoms with Crippen LogP contribution in [0.1, 0.15) is 28.8 Å². The minimum Gasteiger partial charge on any atom is -0.495 e. The Bertz CT molecular complexity index is 1160. The van der Waals surface area contributed by atoms with Crippen LogP contribution in [0.5, 0.6) is 17.2 Å². The Morgan fingerprint density at radius 1 is 0.857 bits per heavy atom. The van der Waals surface area contributed by atoms with Gasteiger partial charge in [-0.05, 0) is 48.7 Å². The van der Waals surface area contributed by atoms with E-state index < -0.39 is 0 Å². The molecule has 35 heavy (non-hydrogen) atoms. The minimum absolute atomic E-state index is 0.0526. The fraction of sp³-hybridized carbons (Fsp3) is 0.286. The van der Waals surface area contributed by atoms with E-state index in [4.69, 9.17) is 14.2 Å². The van der Waals surface area contributed by atoms with Gasteiger partial charge in [-0.1, -0.05) is 42.5 Å². The van der Waals surface area contributed by atoms with E-state index in [1.54, 1.807) is 37.3 Å². The fourth-order valence-corrected chi connectivity index (χ4v) is 4.17. The highest BCUT2D eigenvalue weighted by Crippen LogP contribution is 2.30. The molecule has 3 aromatic carbocycles. The van der Waals surface area contributed by atoms with Crippen LogP contribution >= 0.6 is 0 Å². The number of para-hydroxylation sites is 2. The molecular weight excluding hydrogens is 444 g/mol. The van der Waals surface area contributed by atoms with Gasteiger partial charge in [0.15, 0.2) is 11.5 Å². The number of hydrogen-bond acceptors (Lipinski definition) is 5. The van der Waals surface area contributed by atoms with Gasteiger partial charge in [0.1, 0.15) is 12.4 Å². The van der Waals surface area contributed by atoms with E-state index in [0.29, 0.717) is 61.0 Å². The summed E-state index contributed by atoms with van der Waals surface area (Å²) in [6.07, 6.45) is 1.20. The molecule has 7 heteroatoms. The van der Waals surface area contributed by atoms with E-state index in [1.165, 1.54) is 0 Å². The third-order valence-electron chi connectivity index (χ3n) is 6.17. The lowest BCUT2D eigenvalue weighted by Gasteiger charge is -2.31. The number of benzene rings is 3. The highest BCUT2D eigenvalue weighted by molar-refractivity contribution is 5.96. The number of likely N-dealkylation sites (tertiary alicyclic amines) is 1. The molecule has 4 rings (SSSR count). The summed E-state index contributed by atoms with van der Waals surface area (Å²) >= 11 is 0. The molecule has 0 unspecified atom stereocenters. The first kappa shape index (κ1) is 24.1. The highest BCUT2D eigenvalue weighted by Gasteiger charge is 2.28. The molecule has 0 bridgehead atoms. The van der Waals surface area contributed by atoms with Crippen LogP contribution in [0.2, 0.25) is 0 Å². The van der Waals surface area contributed by atoms with Crippen molar-refractivity contribution in [2.45, 2.75) is 19.4 Å². The van der Waals surface area contributed by atoms with E-state index >= 15 is 0 Å². The summed E-state index contributed by atoms with van der Waals surface area (Å²) in [5.41, 5.74) is 2.23. The number of methoxy groups -OCH3 is 2. The number of anilines is 1. The van der Waals surface area contributed by atoms with Crippen molar-refractivity contribution in [1.29, 1.82) is 0 Å². The molecule has 0 saturated carbocycles. The maximum absolute atomic E-state index is 13.1. The van der Waals surface area contributed by atoms with Crippen LogP contribution in [0.15, 0.2) is 72.8 Å². The molecule has 2 amide bonds. The van der Waals surface area contributed by atoms with Crippen molar-refractivity contribution in [1.82, 2.24) is 4.90 Å². The van der Waals surface area contributed by atoms with E-state index in [1.807, 2.05) is 54.6 Å². The second kappa shape index (κ2) is 11.4. The standard InChI is InChI=1S/C28H30N2O5/c1-33-24-11-7-6-10-23(24)29-27(31)21-14-16-30(17-15-21)28(32)22-12-13-25(26(18-22)34-2)35-19-20-8-4-3-5-9-20/h3-13,18,21H,14-17,19H2,1-2H3,(H,29,31). The lowest BCUT2D eigenvalue weighted by atomic mass is 9.95. The molecule has 1 aliphatic rings. The van der Waals surface area contributed by atoms with Gasteiger partial charge < -0.3 is 24.4 Å². The van der Waals surface area contributed by atoms with Gasteiger partial charge in [0.2, 0.25) is 5.91 Å². The molecule has 182 valence electrons. The van der Waals surface area contributed by atoms with Crippen molar-refractivity contribution in [3.63, 3.8) is 0 Å². The van der Waals surface area contributed by atoms with Crippen molar-refractivity contribution < 1.29 is 23.8 Å². The summed E-state index contributed by atoms with van der Waals surface area (Å²) in [5, 5.41) is 2.95. The molecule has 7 nitrogen and oxygen atoms in total. The zero-order valence-corrected chi connectivity index (χ0v) is 20.0. The molecule has 0 aromatic heterocycles. The summed E-state index contributed by atoms with van der Waals surface area (Å²) in [6, 6.07) is 22.4. The monoisotopic (exact) mass is 474 g/mol. The van der Waals surface area contributed by atoms with Crippen molar-refractivity contribution in [2.24, 2.45) is 5.92 Å². The number of ether oxygens (including phenoxy) is 3. The first-order valence-electron chi connectivity index (χ1n) is 11.7. The largest absolute Gasteiger partial charge is 0.495 e. The molecule has 1 N–H and O–H groups in total. The Morgan fingerprint density at radius 2 is 1.54 bits per heavy atom. The third-order valence-corrected chi connectivity index (χ3v) is 6.17. The zero-order valence-electron chi connectivity index (χ0n) is 20.0. The Morgan fingerprint density at radius 3 is 2.26 bits per heavy atom. The van der Waals surface area contributed by atoms with E-state index in [9.17, 15) is 9.59 Å².